The Hall–Kier alpha value is -3.60. The van der Waals surface area contributed by atoms with E-state index in [1.807, 2.05) is 68.4 Å². The number of hydrogen-bond acceptors (Lipinski definition) is 3. The Kier molecular flexibility index (Phi) is 6.86. The second-order valence-electron chi connectivity index (χ2n) is 7.35. The number of hydrogen-bond donors (Lipinski definition) is 2. The van der Waals surface area contributed by atoms with E-state index < -0.39 is 6.10 Å². The van der Waals surface area contributed by atoms with Gasteiger partial charge in [0, 0.05) is 17.3 Å². The smallest absolute Gasteiger partial charge is 0.265 e. The fourth-order valence-corrected chi connectivity index (χ4v) is 2.91. The number of amides is 2. The molecule has 2 amide bonds. The molecule has 0 spiro atoms. The molecular formula is C25H26N2O3. The maximum Gasteiger partial charge on any atom is 0.265 e. The van der Waals surface area contributed by atoms with Crippen LogP contribution in [0.3, 0.4) is 0 Å². The minimum Gasteiger partial charge on any atom is -0.481 e. The molecule has 2 N–H and O–H groups in total. The van der Waals surface area contributed by atoms with Gasteiger partial charge in [0.05, 0.1) is 0 Å². The molecule has 0 radical (unpaired) electrons. The van der Waals surface area contributed by atoms with Crippen LogP contribution in [0.4, 0.5) is 5.69 Å². The number of nitrogens with one attached hydrogen (secondary N) is 2. The molecular weight excluding hydrogens is 376 g/mol. The lowest BCUT2D eigenvalue weighted by molar-refractivity contribution is -0.122. The molecule has 0 bridgehead atoms. The number of rotatable bonds is 7. The molecule has 3 rings (SSSR count). The van der Waals surface area contributed by atoms with Crippen LogP contribution in [0.1, 0.15) is 31.1 Å². The molecule has 30 heavy (non-hydrogen) atoms. The molecule has 0 fully saturated rings. The van der Waals surface area contributed by atoms with Crippen molar-refractivity contribution in [2.45, 2.75) is 32.9 Å². The number of ether oxygens (including phenoxy) is 1. The molecule has 5 heteroatoms. The lowest BCUT2D eigenvalue weighted by Gasteiger charge is -2.15. The molecule has 0 saturated heterocycles. The van der Waals surface area contributed by atoms with Crippen LogP contribution in [0.5, 0.6) is 5.75 Å². The third-order valence-electron chi connectivity index (χ3n) is 4.48. The summed E-state index contributed by atoms with van der Waals surface area (Å²) >= 11 is 0. The van der Waals surface area contributed by atoms with Gasteiger partial charge in [-0.1, -0.05) is 42.5 Å². The van der Waals surface area contributed by atoms with Crippen LogP contribution in [0.2, 0.25) is 0 Å². The Bertz CT molecular complexity index is 981. The summed E-state index contributed by atoms with van der Waals surface area (Å²) in [6, 6.07) is 24.5. The first-order valence-corrected chi connectivity index (χ1v) is 9.96. The summed E-state index contributed by atoms with van der Waals surface area (Å²) in [4.78, 5) is 24.5. The van der Waals surface area contributed by atoms with Crippen LogP contribution in [0, 0.1) is 0 Å². The van der Waals surface area contributed by atoms with E-state index in [0.717, 1.165) is 11.1 Å². The molecule has 0 aliphatic heterocycles. The number of benzene rings is 3. The number of carbonyl (C=O) groups is 2. The zero-order valence-electron chi connectivity index (χ0n) is 17.4. The Labute approximate surface area is 177 Å². The highest BCUT2D eigenvalue weighted by molar-refractivity contribution is 5.97. The van der Waals surface area contributed by atoms with Gasteiger partial charge in [0.15, 0.2) is 6.10 Å². The van der Waals surface area contributed by atoms with Gasteiger partial charge >= 0.3 is 0 Å². The summed E-state index contributed by atoms with van der Waals surface area (Å²) in [5.41, 5.74) is 3.36. The second kappa shape index (κ2) is 9.74. The standard InChI is InChI=1S/C25H26N2O3/c1-17(2)26-25(29)21-9-13-22(14-10-21)27-24(28)18(3)30-23-15-11-20(12-16-23)19-7-5-4-6-8-19/h4-18H,1-3H3,(H,26,29)(H,27,28). The Morgan fingerprint density at radius 2 is 1.37 bits per heavy atom. The molecule has 0 saturated carbocycles. The van der Waals surface area contributed by atoms with Gasteiger partial charge in [-0.05, 0) is 68.3 Å². The summed E-state index contributed by atoms with van der Waals surface area (Å²) in [5, 5.41) is 5.64. The normalized spacial score (nSPS) is 11.6. The van der Waals surface area contributed by atoms with Crippen LogP contribution in [0.15, 0.2) is 78.9 Å². The molecule has 1 atom stereocenters. The van der Waals surface area contributed by atoms with Crippen molar-refractivity contribution in [2.24, 2.45) is 0 Å². The van der Waals surface area contributed by atoms with Crippen LogP contribution in [0.25, 0.3) is 11.1 Å². The van der Waals surface area contributed by atoms with Crippen LogP contribution in [-0.4, -0.2) is 24.0 Å². The minimum atomic E-state index is -0.670. The summed E-state index contributed by atoms with van der Waals surface area (Å²) in [6.07, 6.45) is -0.670. The SMILES string of the molecule is CC(C)NC(=O)c1ccc(NC(=O)C(C)Oc2ccc(-c3ccccc3)cc2)cc1. The van der Waals surface area contributed by atoms with Crippen molar-refractivity contribution in [3.63, 3.8) is 0 Å². The van der Waals surface area contributed by atoms with Crippen LogP contribution in [-0.2, 0) is 4.79 Å². The fraction of sp³-hybridized carbons (Fsp3) is 0.200. The van der Waals surface area contributed by atoms with E-state index in [9.17, 15) is 9.59 Å². The lowest BCUT2D eigenvalue weighted by Crippen LogP contribution is -2.30. The highest BCUT2D eigenvalue weighted by Gasteiger charge is 2.15. The molecule has 5 nitrogen and oxygen atoms in total. The van der Waals surface area contributed by atoms with E-state index in [-0.39, 0.29) is 17.9 Å². The first-order chi connectivity index (χ1) is 14.4. The van der Waals surface area contributed by atoms with E-state index in [2.05, 4.69) is 10.6 Å². The highest BCUT2D eigenvalue weighted by Crippen LogP contribution is 2.23. The van der Waals surface area contributed by atoms with Gasteiger partial charge in [-0.25, -0.2) is 0 Å². The molecule has 0 aromatic heterocycles. The third kappa shape index (κ3) is 5.70. The third-order valence-corrected chi connectivity index (χ3v) is 4.48. The first-order valence-electron chi connectivity index (χ1n) is 9.96. The van der Waals surface area contributed by atoms with Crippen LogP contribution >= 0.6 is 0 Å². The van der Waals surface area contributed by atoms with Gasteiger partial charge in [-0.15, -0.1) is 0 Å². The molecule has 154 valence electrons. The van der Waals surface area contributed by atoms with E-state index >= 15 is 0 Å². The predicted octanol–water partition coefficient (Wildman–Crippen LogP) is 4.90. The van der Waals surface area contributed by atoms with Crippen LogP contribution < -0.4 is 15.4 Å². The molecule has 3 aromatic rings. The monoisotopic (exact) mass is 402 g/mol. The minimum absolute atomic E-state index is 0.0663. The summed E-state index contributed by atoms with van der Waals surface area (Å²) in [7, 11) is 0. The predicted molar refractivity (Wildman–Crippen MR) is 120 cm³/mol. The number of anilines is 1. The average Bonchev–Trinajstić information content (AvgIpc) is 2.75. The van der Waals surface area contributed by atoms with Crippen molar-refractivity contribution < 1.29 is 14.3 Å². The largest absolute Gasteiger partial charge is 0.481 e. The van der Waals surface area contributed by atoms with E-state index in [1.165, 1.54) is 0 Å². The second-order valence-corrected chi connectivity index (χ2v) is 7.35. The number of carbonyl (C=O) groups excluding carboxylic acids is 2. The average molecular weight is 402 g/mol. The zero-order valence-corrected chi connectivity index (χ0v) is 17.4. The first kappa shape index (κ1) is 21.1. The highest BCUT2D eigenvalue weighted by atomic mass is 16.5. The maximum absolute atomic E-state index is 12.5. The van der Waals surface area contributed by atoms with Crippen molar-refractivity contribution in [3.05, 3.63) is 84.4 Å². The van der Waals surface area contributed by atoms with Crippen molar-refractivity contribution in [1.82, 2.24) is 5.32 Å². The Morgan fingerprint density at radius 3 is 1.97 bits per heavy atom. The molecule has 1 unspecified atom stereocenters. The van der Waals surface area contributed by atoms with Gasteiger partial charge in [0.2, 0.25) is 0 Å². The zero-order chi connectivity index (χ0) is 21.5. The molecule has 3 aromatic carbocycles. The Balaban J connectivity index is 1.56. The topological polar surface area (TPSA) is 67.4 Å². The summed E-state index contributed by atoms with van der Waals surface area (Å²) in [6.45, 7) is 5.51. The summed E-state index contributed by atoms with van der Waals surface area (Å²) < 4.78 is 5.77. The van der Waals surface area contributed by atoms with Gasteiger partial charge in [0.25, 0.3) is 11.8 Å². The van der Waals surface area contributed by atoms with Gasteiger partial charge in [-0.3, -0.25) is 9.59 Å². The van der Waals surface area contributed by atoms with Gasteiger partial charge in [0.1, 0.15) is 5.75 Å². The van der Waals surface area contributed by atoms with E-state index in [0.29, 0.717) is 17.0 Å². The lowest BCUT2D eigenvalue weighted by atomic mass is 10.1. The van der Waals surface area contributed by atoms with Crippen molar-refractivity contribution >= 4 is 17.5 Å². The molecule has 0 aliphatic carbocycles. The maximum atomic E-state index is 12.5. The molecule has 0 aliphatic rings. The van der Waals surface area contributed by atoms with Crippen molar-refractivity contribution in [3.8, 4) is 16.9 Å². The van der Waals surface area contributed by atoms with Gasteiger partial charge in [-0.2, -0.15) is 0 Å². The van der Waals surface area contributed by atoms with Crippen molar-refractivity contribution in [2.75, 3.05) is 5.32 Å². The Morgan fingerprint density at radius 1 is 0.767 bits per heavy atom. The quantitative estimate of drug-likeness (QED) is 0.591. The molecule has 0 heterocycles. The fourth-order valence-electron chi connectivity index (χ4n) is 2.91. The summed E-state index contributed by atoms with van der Waals surface area (Å²) in [5.74, 6) is 0.220. The van der Waals surface area contributed by atoms with Crippen molar-refractivity contribution in [1.29, 1.82) is 0 Å². The van der Waals surface area contributed by atoms with Gasteiger partial charge < -0.3 is 15.4 Å². The van der Waals surface area contributed by atoms with E-state index in [1.54, 1.807) is 31.2 Å². The van der Waals surface area contributed by atoms with E-state index in [4.69, 9.17) is 4.74 Å².